The molecule has 0 radical (unpaired) electrons. The molecule has 1 aromatic rings. The van der Waals surface area contributed by atoms with E-state index in [1.54, 1.807) is 0 Å². The van der Waals surface area contributed by atoms with Gasteiger partial charge in [-0.1, -0.05) is 22.0 Å². The van der Waals surface area contributed by atoms with Crippen molar-refractivity contribution >= 4 is 27.9 Å². The van der Waals surface area contributed by atoms with Gasteiger partial charge in [0, 0.05) is 36.2 Å². The summed E-state index contributed by atoms with van der Waals surface area (Å²) in [5.74, 6) is 0.476. The van der Waals surface area contributed by atoms with E-state index >= 15 is 0 Å². The minimum absolute atomic E-state index is 0.0898. The standard InChI is InChI=1S/C15H17BrN2O3/c16-13-3-1-2-11-12(13)9-18(14(11)19)8-10-4-6-17(7-5-10)15(20)21/h1-3,10H,4-9H2,(H,20,21). The van der Waals surface area contributed by atoms with Gasteiger partial charge in [0.1, 0.15) is 0 Å². The lowest BCUT2D eigenvalue weighted by Gasteiger charge is -2.32. The first-order valence-corrected chi connectivity index (χ1v) is 7.90. The van der Waals surface area contributed by atoms with Crippen LogP contribution in [0, 0.1) is 5.92 Å². The van der Waals surface area contributed by atoms with Crippen molar-refractivity contribution in [2.45, 2.75) is 19.4 Å². The molecule has 6 heteroatoms. The predicted molar refractivity (Wildman–Crippen MR) is 81.2 cm³/mol. The van der Waals surface area contributed by atoms with Gasteiger partial charge in [-0.05, 0) is 36.5 Å². The normalized spacial score (nSPS) is 19.0. The van der Waals surface area contributed by atoms with Crippen LogP contribution in [0.15, 0.2) is 22.7 Å². The molecule has 2 heterocycles. The van der Waals surface area contributed by atoms with Crippen molar-refractivity contribution in [3.63, 3.8) is 0 Å². The Balaban J connectivity index is 1.62. The summed E-state index contributed by atoms with van der Waals surface area (Å²) in [5, 5.41) is 8.96. The van der Waals surface area contributed by atoms with Gasteiger partial charge in [0.15, 0.2) is 0 Å². The third-order valence-corrected chi connectivity index (χ3v) is 5.09. The number of amides is 2. The maximum atomic E-state index is 12.4. The number of halogens is 1. The van der Waals surface area contributed by atoms with Crippen LogP contribution >= 0.6 is 15.9 Å². The molecule has 1 N–H and O–H groups in total. The lowest BCUT2D eigenvalue weighted by Crippen LogP contribution is -2.41. The van der Waals surface area contributed by atoms with Gasteiger partial charge in [0.05, 0.1) is 0 Å². The van der Waals surface area contributed by atoms with Crippen molar-refractivity contribution in [3.05, 3.63) is 33.8 Å². The number of hydrogen-bond donors (Lipinski definition) is 1. The van der Waals surface area contributed by atoms with Crippen LogP contribution in [-0.4, -0.2) is 46.5 Å². The van der Waals surface area contributed by atoms with Crippen molar-refractivity contribution in [3.8, 4) is 0 Å². The number of hydrogen-bond acceptors (Lipinski definition) is 2. The predicted octanol–water partition coefficient (Wildman–Crippen LogP) is 2.79. The van der Waals surface area contributed by atoms with Gasteiger partial charge in [0.2, 0.25) is 0 Å². The maximum Gasteiger partial charge on any atom is 0.407 e. The summed E-state index contributed by atoms with van der Waals surface area (Å²) in [6.07, 6.45) is 0.809. The molecule has 2 aliphatic heterocycles. The van der Waals surface area contributed by atoms with Crippen molar-refractivity contribution in [1.29, 1.82) is 0 Å². The highest BCUT2D eigenvalue weighted by Gasteiger charge is 2.31. The summed E-state index contributed by atoms with van der Waals surface area (Å²) >= 11 is 3.50. The molecule has 0 aromatic heterocycles. The van der Waals surface area contributed by atoms with E-state index in [0.29, 0.717) is 32.1 Å². The topological polar surface area (TPSA) is 60.9 Å². The maximum absolute atomic E-state index is 12.4. The minimum atomic E-state index is -0.845. The Bertz CT molecular complexity index is 582. The fourth-order valence-corrected chi connectivity index (χ4v) is 3.61. The Hall–Kier alpha value is -1.56. The molecule has 0 aliphatic carbocycles. The van der Waals surface area contributed by atoms with Gasteiger partial charge in [0.25, 0.3) is 5.91 Å². The smallest absolute Gasteiger partial charge is 0.407 e. The Morgan fingerprint density at radius 1 is 1.33 bits per heavy atom. The Morgan fingerprint density at radius 2 is 2.05 bits per heavy atom. The first kappa shape index (κ1) is 14.4. The van der Waals surface area contributed by atoms with Crippen molar-refractivity contribution in [2.24, 2.45) is 5.92 Å². The second-order valence-electron chi connectivity index (χ2n) is 5.66. The minimum Gasteiger partial charge on any atom is -0.465 e. The lowest BCUT2D eigenvalue weighted by atomic mass is 9.96. The molecule has 21 heavy (non-hydrogen) atoms. The number of likely N-dealkylation sites (tertiary alicyclic amines) is 1. The molecule has 0 saturated carbocycles. The summed E-state index contributed by atoms with van der Waals surface area (Å²) in [7, 11) is 0. The zero-order chi connectivity index (χ0) is 15.0. The van der Waals surface area contributed by atoms with E-state index in [2.05, 4.69) is 15.9 Å². The van der Waals surface area contributed by atoms with Crippen molar-refractivity contribution in [2.75, 3.05) is 19.6 Å². The number of nitrogens with zero attached hydrogens (tertiary/aromatic N) is 2. The van der Waals surface area contributed by atoms with Gasteiger partial charge in [-0.2, -0.15) is 0 Å². The summed E-state index contributed by atoms with van der Waals surface area (Å²) in [4.78, 5) is 26.6. The largest absolute Gasteiger partial charge is 0.465 e. The summed E-state index contributed by atoms with van der Waals surface area (Å²) in [6, 6.07) is 5.71. The monoisotopic (exact) mass is 352 g/mol. The molecule has 112 valence electrons. The van der Waals surface area contributed by atoms with Gasteiger partial charge < -0.3 is 14.9 Å². The number of benzene rings is 1. The number of carbonyl (C=O) groups is 2. The molecule has 0 atom stereocenters. The van der Waals surface area contributed by atoms with E-state index in [9.17, 15) is 9.59 Å². The quantitative estimate of drug-likeness (QED) is 0.890. The third-order valence-electron chi connectivity index (χ3n) is 4.35. The number of fused-ring (bicyclic) bond motifs is 1. The van der Waals surface area contributed by atoms with Gasteiger partial charge in [-0.25, -0.2) is 4.79 Å². The van der Waals surface area contributed by atoms with Crippen LogP contribution in [0.25, 0.3) is 0 Å². The first-order chi connectivity index (χ1) is 10.1. The van der Waals surface area contributed by atoms with Crippen LogP contribution in [0.3, 0.4) is 0 Å². The molecule has 0 spiro atoms. The van der Waals surface area contributed by atoms with Gasteiger partial charge in [-0.3, -0.25) is 4.79 Å². The summed E-state index contributed by atoms with van der Waals surface area (Å²) < 4.78 is 0.983. The number of carboxylic acid groups (broad SMARTS) is 1. The SMILES string of the molecule is O=C(O)N1CCC(CN2Cc3c(Br)cccc3C2=O)CC1. The fraction of sp³-hybridized carbons (Fsp3) is 0.467. The van der Waals surface area contributed by atoms with E-state index in [-0.39, 0.29) is 5.91 Å². The zero-order valence-corrected chi connectivity index (χ0v) is 13.2. The summed E-state index contributed by atoms with van der Waals surface area (Å²) in [6.45, 7) is 2.50. The second kappa shape index (κ2) is 5.67. The second-order valence-corrected chi connectivity index (χ2v) is 6.52. The molecule has 2 amide bonds. The average Bonchev–Trinajstić information content (AvgIpc) is 2.78. The molecular weight excluding hydrogens is 336 g/mol. The highest BCUT2D eigenvalue weighted by molar-refractivity contribution is 9.10. The third kappa shape index (κ3) is 2.77. The molecule has 3 rings (SSSR count). The number of carbonyl (C=O) groups excluding carboxylic acids is 1. The Morgan fingerprint density at radius 3 is 2.67 bits per heavy atom. The van der Waals surface area contributed by atoms with Crippen LogP contribution in [0.1, 0.15) is 28.8 Å². The van der Waals surface area contributed by atoms with E-state index < -0.39 is 6.09 Å². The Kier molecular flexibility index (Phi) is 3.89. The zero-order valence-electron chi connectivity index (χ0n) is 11.6. The lowest BCUT2D eigenvalue weighted by molar-refractivity contribution is 0.0707. The van der Waals surface area contributed by atoms with Crippen molar-refractivity contribution < 1.29 is 14.7 Å². The molecule has 1 saturated heterocycles. The van der Waals surface area contributed by atoms with Gasteiger partial charge >= 0.3 is 6.09 Å². The first-order valence-electron chi connectivity index (χ1n) is 7.11. The van der Waals surface area contributed by atoms with Crippen LogP contribution in [0.5, 0.6) is 0 Å². The van der Waals surface area contributed by atoms with E-state index in [1.807, 2.05) is 23.1 Å². The van der Waals surface area contributed by atoms with Crippen molar-refractivity contribution in [1.82, 2.24) is 9.80 Å². The van der Waals surface area contributed by atoms with Crippen LogP contribution < -0.4 is 0 Å². The van der Waals surface area contributed by atoms with Crippen LogP contribution in [0.2, 0.25) is 0 Å². The number of rotatable bonds is 2. The fourth-order valence-electron chi connectivity index (χ4n) is 3.12. The van der Waals surface area contributed by atoms with E-state index in [1.165, 1.54) is 4.90 Å². The number of piperidine rings is 1. The molecule has 1 aromatic carbocycles. The summed E-state index contributed by atoms with van der Waals surface area (Å²) in [5.41, 5.74) is 1.85. The molecule has 0 bridgehead atoms. The van der Waals surface area contributed by atoms with Gasteiger partial charge in [-0.15, -0.1) is 0 Å². The molecule has 1 fully saturated rings. The molecule has 0 unspecified atom stereocenters. The van der Waals surface area contributed by atoms with Crippen LogP contribution in [0.4, 0.5) is 4.79 Å². The highest BCUT2D eigenvalue weighted by Crippen LogP contribution is 2.31. The highest BCUT2D eigenvalue weighted by atomic mass is 79.9. The van der Waals surface area contributed by atoms with Crippen LogP contribution in [-0.2, 0) is 6.54 Å². The van der Waals surface area contributed by atoms with E-state index in [4.69, 9.17) is 5.11 Å². The Labute approximate surface area is 131 Å². The molecule has 2 aliphatic rings. The molecule has 5 nitrogen and oxygen atoms in total. The van der Waals surface area contributed by atoms with E-state index in [0.717, 1.165) is 28.4 Å². The molecular formula is C15H17BrN2O3. The average molecular weight is 353 g/mol.